The van der Waals surface area contributed by atoms with Gasteiger partial charge in [-0.15, -0.1) is 0 Å². The number of rotatable bonds is 2. The van der Waals surface area contributed by atoms with Gasteiger partial charge in [0, 0.05) is 17.9 Å². The fourth-order valence-corrected chi connectivity index (χ4v) is 4.78. The third kappa shape index (κ3) is 1.98. The van der Waals surface area contributed by atoms with E-state index in [1.807, 2.05) is 32.9 Å². The highest BCUT2D eigenvalue weighted by molar-refractivity contribution is 6.24. The lowest BCUT2D eigenvalue weighted by Gasteiger charge is -2.20. The fourth-order valence-electron chi connectivity index (χ4n) is 4.78. The number of nitro groups is 1. The van der Waals surface area contributed by atoms with Crippen LogP contribution in [0.4, 0.5) is 11.4 Å². The van der Waals surface area contributed by atoms with Gasteiger partial charge in [0.2, 0.25) is 11.8 Å². The summed E-state index contributed by atoms with van der Waals surface area (Å²) >= 11 is 0. The molecule has 1 saturated carbocycles. The van der Waals surface area contributed by atoms with Crippen molar-refractivity contribution in [2.75, 3.05) is 4.90 Å². The SMILES string of the molecule is CC(C)=C1[C@H]2C=C[C@@H]1[C@H]1C(=O)N(c3cc(C)c(C)cc3[N+](=O)[O-])C(=O)[C@H]12. The minimum absolute atomic E-state index is 0.0675. The van der Waals surface area contributed by atoms with Crippen molar-refractivity contribution in [2.24, 2.45) is 23.7 Å². The zero-order chi connectivity index (χ0) is 18.9. The normalized spacial score (nSPS) is 28.9. The topological polar surface area (TPSA) is 80.5 Å². The van der Waals surface area contributed by atoms with Gasteiger partial charge in [-0.1, -0.05) is 23.3 Å². The first-order valence-corrected chi connectivity index (χ1v) is 8.73. The van der Waals surface area contributed by atoms with Crippen molar-refractivity contribution >= 4 is 23.2 Å². The number of nitrogens with zero attached hydrogens (tertiary/aromatic N) is 2. The van der Waals surface area contributed by atoms with E-state index in [1.165, 1.54) is 6.07 Å². The standard InChI is InChI=1S/C20H20N2O4/c1-9(2)16-12-5-6-13(16)18-17(12)19(23)21(20(18)24)14-7-10(3)11(4)8-15(14)22(25)26/h5-8,12-13,17-18H,1-4H3/t12-,13+,17+,18-. The first kappa shape index (κ1) is 16.7. The number of aryl methyl sites for hydroxylation is 2. The minimum atomic E-state index is -0.523. The average molecular weight is 352 g/mol. The van der Waals surface area contributed by atoms with Crippen molar-refractivity contribution in [3.63, 3.8) is 0 Å². The van der Waals surface area contributed by atoms with Crippen molar-refractivity contribution in [3.8, 4) is 0 Å². The van der Waals surface area contributed by atoms with Crippen molar-refractivity contribution in [1.82, 2.24) is 0 Å². The van der Waals surface area contributed by atoms with Crippen LogP contribution in [0, 0.1) is 47.6 Å². The molecule has 4 rings (SSSR count). The van der Waals surface area contributed by atoms with E-state index in [2.05, 4.69) is 0 Å². The molecule has 2 bridgehead atoms. The van der Waals surface area contributed by atoms with Crippen LogP contribution in [-0.4, -0.2) is 16.7 Å². The second-order valence-electron chi connectivity index (χ2n) is 7.64. The van der Waals surface area contributed by atoms with Crippen LogP contribution in [0.5, 0.6) is 0 Å². The van der Waals surface area contributed by atoms with Crippen molar-refractivity contribution < 1.29 is 14.5 Å². The van der Waals surface area contributed by atoms with Crippen LogP contribution in [0.3, 0.4) is 0 Å². The molecule has 3 aliphatic rings. The first-order valence-electron chi connectivity index (χ1n) is 8.73. The van der Waals surface area contributed by atoms with Crippen LogP contribution >= 0.6 is 0 Å². The summed E-state index contributed by atoms with van der Waals surface area (Å²) in [5, 5.41) is 11.5. The molecule has 6 heteroatoms. The Morgan fingerprint density at radius 3 is 1.96 bits per heavy atom. The van der Waals surface area contributed by atoms with Crippen LogP contribution in [-0.2, 0) is 9.59 Å². The van der Waals surface area contributed by atoms with E-state index in [-0.39, 0.29) is 35.0 Å². The van der Waals surface area contributed by atoms with Crippen LogP contribution in [0.25, 0.3) is 0 Å². The molecular weight excluding hydrogens is 332 g/mol. The number of fused-ring (bicyclic) bond motifs is 5. The molecule has 0 N–H and O–H groups in total. The number of carbonyl (C=O) groups is 2. The maximum absolute atomic E-state index is 13.2. The van der Waals surface area contributed by atoms with E-state index < -0.39 is 16.8 Å². The predicted octanol–water partition coefficient (Wildman–Crippen LogP) is 3.47. The highest BCUT2D eigenvalue weighted by Crippen LogP contribution is 2.57. The lowest BCUT2D eigenvalue weighted by Crippen LogP contribution is -2.34. The Balaban J connectivity index is 1.83. The summed E-state index contributed by atoms with van der Waals surface area (Å²) in [6.45, 7) is 7.61. The van der Waals surface area contributed by atoms with E-state index in [1.54, 1.807) is 13.0 Å². The largest absolute Gasteiger partial charge is 0.293 e. The van der Waals surface area contributed by atoms with Crippen molar-refractivity contribution in [2.45, 2.75) is 27.7 Å². The van der Waals surface area contributed by atoms with Gasteiger partial charge in [-0.2, -0.15) is 0 Å². The van der Waals surface area contributed by atoms with Gasteiger partial charge in [0.1, 0.15) is 5.69 Å². The Hall–Kier alpha value is -2.76. The molecule has 1 saturated heterocycles. The molecule has 134 valence electrons. The van der Waals surface area contributed by atoms with E-state index >= 15 is 0 Å². The number of nitro benzene ring substituents is 1. The van der Waals surface area contributed by atoms with Crippen LogP contribution in [0.2, 0.25) is 0 Å². The molecule has 26 heavy (non-hydrogen) atoms. The van der Waals surface area contributed by atoms with Gasteiger partial charge in [-0.05, 0) is 44.9 Å². The van der Waals surface area contributed by atoms with Gasteiger partial charge >= 0.3 is 0 Å². The van der Waals surface area contributed by atoms with Crippen LogP contribution < -0.4 is 4.90 Å². The van der Waals surface area contributed by atoms with E-state index in [4.69, 9.17) is 0 Å². The number of carbonyl (C=O) groups excluding carboxylic acids is 2. The van der Waals surface area contributed by atoms with Gasteiger partial charge in [0.05, 0.1) is 16.8 Å². The molecule has 6 nitrogen and oxygen atoms in total. The highest BCUT2D eigenvalue weighted by atomic mass is 16.6. The summed E-state index contributed by atoms with van der Waals surface area (Å²) in [7, 11) is 0. The molecule has 4 atom stereocenters. The smallest absolute Gasteiger partial charge is 0.274 e. The zero-order valence-electron chi connectivity index (χ0n) is 15.1. The lowest BCUT2D eigenvalue weighted by molar-refractivity contribution is -0.384. The Bertz CT molecular complexity index is 905. The van der Waals surface area contributed by atoms with Gasteiger partial charge in [-0.25, -0.2) is 4.90 Å². The van der Waals surface area contributed by atoms with Crippen molar-refractivity contribution in [1.29, 1.82) is 0 Å². The zero-order valence-corrected chi connectivity index (χ0v) is 15.1. The van der Waals surface area contributed by atoms with Crippen LogP contribution in [0.15, 0.2) is 35.4 Å². The summed E-state index contributed by atoms with van der Waals surface area (Å²) in [5.74, 6) is -1.65. The summed E-state index contributed by atoms with van der Waals surface area (Å²) in [6.07, 6.45) is 4.02. The fraction of sp³-hybridized carbons (Fsp3) is 0.400. The number of imide groups is 1. The molecule has 0 aromatic heterocycles. The monoisotopic (exact) mass is 352 g/mol. The molecular formula is C20H20N2O4. The summed E-state index contributed by atoms with van der Waals surface area (Å²) in [4.78, 5) is 38.4. The Morgan fingerprint density at radius 1 is 1.00 bits per heavy atom. The minimum Gasteiger partial charge on any atom is -0.274 e. The third-order valence-corrected chi connectivity index (χ3v) is 6.02. The molecule has 0 spiro atoms. The average Bonchev–Trinajstić information content (AvgIpc) is 3.20. The third-order valence-electron chi connectivity index (χ3n) is 6.02. The number of benzene rings is 1. The van der Waals surface area contributed by atoms with Gasteiger partial charge in [0.15, 0.2) is 0 Å². The number of hydrogen-bond acceptors (Lipinski definition) is 4. The lowest BCUT2D eigenvalue weighted by atomic mass is 9.85. The second-order valence-corrected chi connectivity index (χ2v) is 7.64. The predicted molar refractivity (Wildman–Crippen MR) is 96.5 cm³/mol. The number of hydrogen-bond donors (Lipinski definition) is 0. The molecule has 2 fully saturated rings. The molecule has 1 aliphatic heterocycles. The second kappa shape index (κ2) is 5.37. The van der Waals surface area contributed by atoms with Gasteiger partial charge in [-0.3, -0.25) is 19.7 Å². The summed E-state index contributed by atoms with van der Waals surface area (Å²) < 4.78 is 0. The Labute approximate surface area is 151 Å². The summed E-state index contributed by atoms with van der Waals surface area (Å²) in [6, 6.07) is 3.02. The van der Waals surface area contributed by atoms with Gasteiger partial charge in [0.25, 0.3) is 5.69 Å². The first-order chi connectivity index (χ1) is 12.2. The van der Waals surface area contributed by atoms with E-state index in [0.717, 1.165) is 27.2 Å². The molecule has 2 aliphatic carbocycles. The molecule has 0 radical (unpaired) electrons. The van der Waals surface area contributed by atoms with Gasteiger partial charge < -0.3 is 0 Å². The highest BCUT2D eigenvalue weighted by Gasteiger charge is 2.62. The molecule has 2 amide bonds. The number of allylic oxidation sites excluding steroid dienone is 4. The van der Waals surface area contributed by atoms with Crippen LogP contribution in [0.1, 0.15) is 25.0 Å². The van der Waals surface area contributed by atoms with E-state index in [9.17, 15) is 19.7 Å². The molecule has 1 aromatic carbocycles. The number of amides is 2. The molecule has 1 heterocycles. The maximum atomic E-state index is 13.2. The van der Waals surface area contributed by atoms with Crippen molar-refractivity contribution in [3.05, 3.63) is 56.7 Å². The Morgan fingerprint density at radius 2 is 1.50 bits per heavy atom. The quantitative estimate of drug-likeness (QED) is 0.353. The maximum Gasteiger partial charge on any atom is 0.293 e. The number of anilines is 1. The molecule has 0 unspecified atom stereocenters. The molecule has 1 aromatic rings. The Kier molecular flexibility index (Phi) is 3.45. The summed E-state index contributed by atoms with van der Waals surface area (Å²) in [5.41, 5.74) is 3.78. The van der Waals surface area contributed by atoms with E-state index in [0.29, 0.717) is 0 Å².